The van der Waals surface area contributed by atoms with E-state index < -0.39 is 0 Å². The summed E-state index contributed by atoms with van der Waals surface area (Å²) >= 11 is 2.28. The lowest BCUT2D eigenvalue weighted by Crippen LogP contribution is -1.78. The quantitative estimate of drug-likeness (QED) is 0.699. The van der Waals surface area contributed by atoms with Crippen LogP contribution < -0.4 is 0 Å². The minimum absolute atomic E-state index is 0.769. The number of halogens is 1. The van der Waals surface area contributed by atoms with Crippen LogP contribution in [0.1, 0.15) is 0 Å². The van der Waals surface area contributed by atoms with E-state index in [-0.39, 0.29) is 0 Å². The first kappa shape index (κ1) is 9.77. The highest BCUT2D eigenvalue weighted by Crippen LogP contribution is 2.21. The van der Waals surface area contributed by atoms with E-state index in [1.54, 1.807) is 6.20 Å². The molecule has 0 aliphatic heterocycles. The molecule has 3 nitrogen and oxygen atoms in total. The molecule has 78 valence electrons. The number of nitrogens with one attached hydrogen (secondary N) is 1. The van der Waals surface area contributed by atoms with Crippen LogP contribution in [-0.2, 0) is 0 Å². The van der Waals surface area contributed by atoms with Crippen LogP contribution in [0.25, 0.3) is 22.6 Å². The number of imidazole rings is 1. The fourth-order valence-electron chi connectivity index (χ4n) is 1.61. The van der Waals surface area contributed by atoms with Crippen molar-refractivity contribution in [1.82, 2.24) is 15.0 Å². The molecule has 0 radical (unpaired) electrons. The molecule has 16 heavy (non-hydrogen) atoms. The van der Waals surface area contributed by atoms with Crippen LogP contribution in [0.2, 0.25) is 0 Å². The number of benzene rings is 1. The molecule has 3 aromatic rings. The van der Waals surface area contributed by atoms with Gasteiger partial charge >= 0.3 is 0 Å². The lowest BCUT2D eigenvalue weighted by Gasteiger charge is -1.93. The Morgan fingerprint density at radius 3 is 2.62 bits per heavy atom. The SMILES string of the molecule is Ic1ccnc2nc(-c3ccccc3)[nH]c12. The second kappa shape index (κ2) is 3.86. The molecular weight excluding hydrogens is 313 g/mol. The zero-order valence-corrected chi connectivity index (χ0v) is 10.5. The van der Waals surface area contributed by atoms with E-state index in [1.807, 2.05) is 36.4 Å². The van der Waals surface area contributed by atoms with Crippen molar-refractivity contribution in [2.45, 2.75) is 0 Å². The van der Waals surface area contributed by atoms with Gasteiger partial charge < -0.3 is 4.98 Å². The second-order valence-corrected chi connectivity index (χ2v) is 4.61. The number of rotatable bonds is 1. The number of H-pyrrole nitrogens is 1. The molecule has 1 N–H and O–H groups in total. The summed E-state index contributed by atoms with van der Waals surface area (Å²) in [5.41, 5.74) is 2.85. The molecular formula is C12H8IN3. The number of aromatic amines is 1. The molecule has 0 atom stereocenters. The lowest BCUT2D eigenvalue weighted by atomic mass is 10.2. The molecule has 4 heteroatoms. The van der Waals surface area contributed by atoms with Crippen LogP contribution in [0.5, 0.6) is 0 Å². The molecule has 0 spiro atoms. The van der Waals surface area contributed by atoms with Crippen LogP contribution in [0.15, 0.2) is 42.6 Å². The van der Waals surface area contributed by atoms with Gasteiger partial charge in [0, 0.05) is 15.3 Å². The Morgan fingerprint density at radius 1 is 1.06 bits per heavy atom. The number of pyridine rings is 1. The molecule has 2 heterocycles. The van der Waals surface area contributed by atoms with Crippen LogP contribution in [0.4, 0.5) is 0 Å². The summed E-state index contributed by atoms with van der Waals surface area (Å²) in [5.74, 6) is 0.868. The fraction of sp³-hybridized carbons (Fsp3) is 0. The zero-order valence-electron chi connectivity index (χ0n) is 8.31. The Kier molecular flexibility index (Phi) is 2.36. The molecule has 0 unspecified atom stereocenters. The summed E-state index contributed by atoms with van der Waals surface area (Å²) in [5, 5.41) is 0. The smallest absolute Gasteiger partial charge is 0.179 e. The molecule has 0 saturated heterocycles. The lowest BCUT2D eigenvalue weighted by molar-refractivity contribution is 1.30. The van der Waals surface area contributed by atoms with Crippen molar-refractivity contribution in [3.05, 3.63) is 46.2 Å². The zero-order chi connectivity index (χ0) is 11.0. The van der Waals surface area contributed by atoms with Gasteiger partial charge in [0.05, 0.1) is 5.52 Å². The van der Waals surface area contributed by atoms with Gasteiger partial charge in [-0.1, -0.05) is 30.3 Å². The molecule has 0 bridgehead atoms. The van der Waals surface area contributed by atoms with Gasteiger partial charge in [0.1, 0.15) is 5.82 Å². The molecule has 3 rings (SSSR count). The van der Waals surface area contributed by atoms with Gasteiger partial charge in [-0.25, -0.2) is 9.97 Å². The molecule has 0 aliphatic rings. The predicted octanol–water partition coefficient (Wildman–Crippen LogP) is 3.23. The van der Waals surface area contributed by atoms with Crippen molar-refractivity contribution in [3.8, 4) is 11.4 Å². The summed E-state index contributed by atoms with van der Waals surface area (Å²) in [6.07, 6.45) is 1.78. The average molecular weight is 321 g/mol. The van der Waals surface area contributed by atoms with Gasteiger partial charge in [0.2, 0.25) is 0 Å². The van der Waals surface area contributed by atoms with E-state index in [0.717, 1.165) is 26.1 Å². The Balaban J connectivity index is 2.23. The first-order chi connectivity index (χ1) is 7.84. The van der Waals surface area contributed by atoms with Crippen LogP contribution >= 0.6 is 22.6 Å². The molecule has 1 aromatic carbocycles. The largest absolute Gasteiger partial charge is 0.336 e. The monoisotopic (exact) mass is 321 g/mol. The van der Waals surface area contributed by atoms with Crippen LogP contribution in [0.3, 0.4) is 0 Å². The minimum atomic E-state index is 0.769. The fourth-order valence-corrected chi connectivity index (χ4v) is 2.15. The van der Waals surface area contributed by atoms with Gasteiger partial charge in [-0.2, -0.15) is 0 Å². The highest BCUT2D eigenvalue weighted by atomic mass is 127. The van der Waals surface area contributed by atoms with Gasteiger partial charge in [-0.05, 0) is 28.7 Å². The summed E-state index contributed by atoms with van der Waals surface area (Å²) in [4.78, 5) is 12.0. The van der Waals surface area contributed by atoms with Crippen LogP contribution in [0, 0.1) is 3.57 Å². The molecule has 2 aromatic heterocycles. The summed E-state index contributed by atoms with van der Waals surface area (Å²) < 4.78 is 1.14. The third-order valence-electron chi connectivity index (χ3n) is 2.39. The first-order valence-corrected chi connectivity index (χ1v) is 5.98. The van der Waals surface area contributed by atoms with Gasteiger partial charge in [0.25, 0.3) is 0 Å². The summed E-state index contributed by atoms with van der Waals surface area (Å²) in [7, 11) is 0. The van der Waals surface area contributed by atoms with Crippen molar-refractivity contribution >= 4 is 33.8 Å². The standard InChI is InChI=1S/C12H8IN3/c13-9-6-7-14-12-10(9)15-11(16-12)8-4-2-1-3-5-8/h1-7H,(H,14,15,16). The topological polar surface area (TPSA) is 41.6 Å². The third kappa shape index (κ3) is 1.59. The Hall–Kier alpha value is -1.43. The third-order valence-corrected chi connectivity index (χ3v) is 3.29. The number of nitrogens with zero attached hydrogens (tertiary/aromatic N) is 2. The van der Waals surface area contributed by atoms with E-state index in [9.17, 15) is 0 Å². The molecule has 0 amide bonds. The molecule has 0 fully saturated rings. The Morgan fingerprint density at radius 2 is 1.88 bits per heavy atom. The van der Waals surface area contributed by atoms with Crippen molar-refractivity contribution in [1.29, 1.82) is 0 Å². The maximum absolute atomic E-state index is 4.47. The minimum Gasteiger partial charge on any atom is -0.336 e. The Bertz CT molecular complexity index is 631. The van der Waals surface area contributed by atoms with Crippen molar-refractivity contribution in [2.24, 2.45) is 0 Å². The van der Waals surface area contributed by atoms with E-state index in [2.05, 4.69) is 37.5 Å². The van der Waals surface area contributed by atoms with Gasteiger partial charge in [-0.3, -0.25) is 0 Å². The van der Waals surface area contributed by atoms with E-state index in [0.29, 0.717) is 0 Å². The van der Waals surface area contributed by atoms with Crippen molar-refractivity contribution in [2.75, 3.05) is 0 Å². The number of fused-ring (bicyclic) bond motifs is 1. The maximum Gasteiger partial charge on any atom is 0.179 e. The van der Waals surface area contributed by atoms with Crippen LogP contribution in [-0.4, -0.2) is 15.0 Å². The maximum atomic E-state index is 4.47. The molecule has 0 saturated carbocycles. The average Bonchev–Trinajstić information content (AvgIpc) is 2.76. The molecule has 0 aliphatic carbocycles. The normalized spacial score (nSPS) is 10.8. The van der Waals surface area contributed by atoms with E-state index in [4.69, 9.17) is 0 Å². The van der Waals surface area contributed by atoms with Gasteiger partial charge in [0.15, 0.2) is 5.65 Å². The van der Waals surface area contributed by atoms with E-state index in [1.165, 1.54) is 0 Å². The highest BCUT2D eigenvalue weighted by molar-refractivity contribution is 14.1. The second-order valence-electron chi connectivity index (χ2n) is 3.44. The number of aromatic nitrogens is 3. The van der Waals surface area contributed by atoms with Crippen molar-refractivity contribution in [3.63, 3.8) is 0 Å². The highest BCUT2D eigenvalue weighted by Gasteiger charge is 2.07. The van der Waals surface area contributed by atoms with Crippen molar-refractivity contribution < 1.29 is 0 Å². The first-order valence-electron chi connectivity index (χ1n) is 4.90. The summed E-state index contributed by atoms with van der Waals surface area (Å²) in [6.45, 7) is 0. The van der Waals surface area contributed by atoms with E-state index >= 15 is 0 Å². The predicted molar refractivity (Wildman–Crippen MR) is 72.0 cm³/mol. The summed E-state index contributed by atoms with van der Waals surface area (Å²) in [6, 6.07) is 12.0. The van der Waals surface area contributed by atoms with Gasteiger partial charge in [-0.15, -0.1) is 0 Å². The number of hydrogen-bond donors (Lipinski definition) is 1. The Labute approximate surface area is 106 Å². The number of hydrogen-bond acceptors (Lipinski definition) is 2.